The van der Waals surface area contributed by atoms with E-state index in [9.17, 15) is 4.79 Å². The van der Waals surface area contributed by atoms with Crippen LogP contribution in [0.4, 0.5) is 4.79 Å². The summed E-state index contributed by atoms with van der Waals surface area (Å²) < 4.78 is 28.8. The molecule has 1 amide bonds. The highest BCUT2D eigenvalue weighted by Crippen LogP contribution is 2.45. The second-order valence-corrected chi connectivity index (χ2v) is 13.0. The number of aryl methyl sites for hydroxylation is 1. The summed E-state index contributed by atoms with van der Waals surface area (Å²) in [5, 5.41) is -0.259. The number of hydrogen-bond donors (Lipinski definition) is 0. The molecule has 0 aliphatic carbocycles. The van der Waals surface area contributed by atoms with E-state index in [1.165, 1.54) is 0 Å². The summed E-state index contributed by atoms with van der Waals surface area (Å²) in [4.78, 5) is 16.5. The van der Waals surface area contributed by atoms with Crippen LogP contribution in [0.15, 0.2) is 60.7 Å². The number of carbonyl (C=O) groups excluding carboxylic acids is 1. The van der Waals surface area contributed by atoms with E-state index in [1.807, 2.05) is 75.4 Å². The monoisotopic (exact) mass is 634 g/mol. The smallest absolute Gasteiger partial charge is 0.410 e. The van der Waals surface area contributed by atoms with Gasteiger partial charge in [-0.2, -0.15) is 0 Å². The molecule has 3 aromatic rings. The van der Waals surface area contributed by atoms with Crippen LogP contribution in [-0.2, 0) is 11.3 Å². The zero-order chi connectivity index (χ0) is 32.1. The highest BCUT2D eigenvalue weighted by Gasteiger charge is 2.33. The molecule has 2 unspecified atom stereocenters. The molecule has 0 aromatic heterocycles. The Morgan fingerprint density at radius 3 is 2.49 bits per heavy atom. The topological polar surface area (TPSA) is 69.7 Å². The number of benzene rings is 3. The van der Waals surface area contributed by atoms with Crippen LogP contribution in [0.2, 0.25) is 0 Å². The Kier molecular flexibility index (Phi) is 10.1. The Balaban J connectivity index is 1.42. The van der Waals surface area contributed by atoms with Gasteiger partial charge < -0.3 is 28.6 Å². The number of halogens is 1. The van der Waals surface area contributed by atoms with E-state index in [2.05, 4.69) is 24.0 Å². The first-order valence-electron chi connectivity index (χ1n) is 15.3. The van der Waals surface area contributed by atoms with Crippen molar-refractivity contribution in [3.63, 3.8) is 0 Å². The molecule has 2 atom stereocenters. The van der Waals surface area contributed by atoms with E-state index < -0.39 is 5.60 Å². The van der Waals surface area contributed by atoms with Crippen molar-refractivity contribution >= 4 is 23.8 Å². The number of methoxy groups -OCH3 is 1. The second kappa shape index (κ2) is 14.0. The number of carbonyl (C=O) groups is 1. The molecule has 0 N–H and O–H groups in total. The van der Waals surface area contributed by atoms with E-state index in [0.717, 1.165) is 52.3 Å². The number of amides is 1. The normalized spacial score (nSPS) is 17.7. The summed E-state index contributed by atoms with van der Waals surface area (Å²) in [6.45, 7) is 10.2. The van der Waals surface area contributed by atoms with E-state index in [0.29, 0.717) is 31.2 Å². The lowest BCUT2D eigenvalue weighted by atomic mass is 9.90. The van der Waals surface area contributed by atoms with E-state index >= 15 is 0 Å². The third-order valence-corrected chi connectivity index (χ3v) is 8.29. The van der Waals surface area contributed by atoms with Gasteiger partial charge in [0, 0.05) is 26.7 Å². The molecule has 0 bridgehead atoms. The first kappa shape index (κ1) is 32.5. The molecule has 0 spiro atoms. The number of nitrogens with zero attached hydrogens (tertiary/aromatic N) is 2. The van der Waals surface area contributed by atoms with Gasteiger partial charge >= 0.3 is 6.09 Å². The van der Waals surface area contributed by atoms with Gasteiger partial charge in [-0.05, 0) is 86.2 Å². The first-order chi connectivity index (χ1) is 21.5. The minimum absolute atomic E-state index is 0.0938. The zero-order valence-corrected chi connectivity index (χ0v) is 27.7. The Hall–Kier alpha value is -3.88. The van der Waals surface area contributed by atoms with Crippen LogP contribution in [-0.4, -0.2) is 62.1 Å². The van der Waals surface area contributed by atoms with Crippen molar-refractivity contribution in [1.82, 2.24) is 9.80 Å². The van der Waals surface area contributed by atoms with Crippen molar-refractivity contribution in [2.45, 2.75) is 57.7 Å². The van der Waals surface area contributed by atoms with Crippen LogP contribution in [0.25, 0.3) is 6.08 Å². The molecule has 240 valence electrons. The van der Waals surface area contributed by atoms with Crippen LogP contribution in [0.3, 0.4) is 0 Å². The molecule has 2 aliphatic heterocycles. The summed E-state index contributed by atoms with van der Waals surface area (Å²) in [6, 6.07) is 18.1. The minimum Gasteiger partial charge on any atom is -0.493 e. The summed E-state index contributed by atoms with van der Waals surface area (Å²) in [5.74, 6) is 2.82. The Morgan fingerprint density at radius 2 is 1.78 bits per heavy atom. The maximum Gasteiger partial charge on any atom is 0.410 e. The van der Waals surface area contributed by atoms with Gasteiger partial charge in [-0.3, -0.25) is 4.90 Å². The van der Waals surface area contributed by atoms with Crippen molar-refractivity contribution in [3.8, 4) is 23.0 Å². The molecule has 0 saturated carbocycles. The average Bonchev–Trinajstić information content (AvgIpc) is 3.46. The Labute approximate surface area is 271 Å². The van der Waals surface area contributed by atoms with Crippen LogP contribution in [0, 0.1) is 6.92 Å². The fourth-order valence-electron chi connectivity index (χ4n) is 5.57. The highest BCUT2D eigenvalue weighted by molar-refractivity contribution is 6.21. The molecule has 3 aromatic carbocycles. The van der Waals surface area contributed by atoms with Gasteiger partial charge in [0.25, 0.3) is 0 Å². The van der Waals surface area contributed by atoms with Crippen LogP contribution in [0.5, 0.6) is 23.0 Å². The third-order valence-electron chi connectivity index (χ3n) is 7.91. The summed E-state index contributed by atoms with van der Waals surface area (Å²) >= 11 is 7.09. The fraction of sp³-hybridized carbons (Fsp3) is 0.417. The van der Waals surface area contributed by atoms with Crippen molar-refractivity contribution in [3.05, 3.63) is 88.5 Å². The van der Waals surface area contributed by atoms with Gasteiger partial charge in [0.05, 0.1) is 18.5 Å². The molecule has 2 aliphatic rings. The Morgan fingerprint density at radius 1 is 1.07 bits per heavy atom. The summed E-state index contributed by atoms with van der Waals surface area (Å²) in [5.41, 5.74) is 4.74. The number of hydrogen-bond acceptors (Lipinski definition) is 7. The van der Waals surface area contributed by atoms with E-state index in [1.54, 1.807) is 19.1 Å². The zero-order valence-electron chi connectivity index (χ0n) is 27.0. The SMILES string of the molecule is COc1cc2c(cc1OCc1ccccc1)C(Cl)CN(CCCN(C)C(=O)OC(C)(C)C)C2/C=C/c1cc2c(cc1C)OCO2. The van der Waals surface area contributed by atoms with Crippen LogP contribution in [0.1, 0.15) is 66.4 Å². The second-order valence-electron chi connectivity index (χ2n) is 12.5. The van der Waals surface area contributed by atoms with E-state index in [-0.39, 0.29) is 24.3 Å². The maximum atomic E-state index is 12.6. The fourth-order valence-corrected chi connectivity index (χ4v) is 5.94. The van der Waals surface area contributed by atoms with Crippen molar-refractivity contribution < 1.29 is 28.5 Å². The van der Waals surface area contributed by atoms with Gasteiger partial charge in [0.15, 0.2) is 23.0 Å². The molecule has 0 fully saturated rings. The van der Waals surface area contributed by atoms with Gasteiger partial charge in [-0.25, -0.2) is 4.79 Å². The van der Waals surface area contributed by atoms with Gasteiger partial charge in [-0.1, -0.05) is 42.5 Å². The first-order valence-corrected chi connectivity index (χ1v) is 15.8. The molecule has 45 heavy (non-hydrogen) atoms. The molecular weight excluding hydrogens is 592 g/mol. The summed E-state index contributed by atoms with van der Waals surface area (Å²) in [7, 11) is 3.43. The molecule has 8 nitrogen and oxygen atoms in total. The van der Waals surface area contributed by atoms with Crippen LogP contribution < -0.4 is 18.9 Å². The molecule has 0 saturated heterocycles. The van der Waals surface area contributed by atoms with Gasteiger partial charge in [-0.15, -0.1) is 11.6 Å². The predicted octanol–water partition coefficient (Wildman–Crippen LogP) is 7.92. The number of fused-ring (bicyclic) bond motifs is 2. The number of rotatable bonds is 10. The molecule has 5 rings (SSSR count). The quantitative estimate of drug-likeness (QED) is 0.210. The van der Waals surface area contributed by atoms with Gasteiger partial charge in [0.1, 0.15) is 12.2 Å². The van der Waals surface area contributed by atoms with Crippen molar-refractivity contribution in [2.75, 3.05) is 40.6 Å². The maximum absolute atomic E-state index is 12.6. The van der Waals surface area contributed by atoms with E-state index in [4.69, 9.17) is 35.3 Å². The van der Waals surface area contributed by atoms with Gasteiger partial charge in [0.2, 0.25) is 6.79 Å². The molecule has 0 radical (unpaired) electrons. The Bertz CT molecular complexity index is 1520. The molecular formula is C36H43ClN2O6. The lowest BCUT2D eigenvalue weighted by Crippen LogP contribution is -2.39. The highest BCUT2D eigenvalue weighted by atomic mass is 35.5. The molecule has 2 heterocycles. The predicted molar refractivity (Wildman–Crippen MR) is 176 cm³/mol. The van der Waals surface area contributed by atoms with Crippen molar-refractivity contribution in [1.29, 1.82) is 0 Å². The largest absolute Gasteiger partial charge is 0.493 e. The lowest BCUT2D eigenvalue weighted by Gasteiger charge is -2.39. The van der Waals surface area contributed by atoms with Crippen molar-refractivity contribution in [2.24, 2.45) is 0 Å². The lowest BCUT2D eigenvalue weighted by molar-refractivity contribution is 0.0291. The van der Waals surface area contributed by atoms with Crippen LogP contribution >= 0.6 is 11.6 Å². The number of alkyl halides is 1. The third kappa shape index (κ3) is 8.05. The summed E-state index contributed by atoms with van der Waals surface area (Å²) in [6.07, 6.45) is 4.75. The minimum atomic E-state index is -0.542. The standard InChI is InChI=1S/C36H43ClN2O6/c1-24-17-32-33(44-23-43-32)18-26(24)13-14-30-28-20-31(41-6)34(42-22-25-11-8-7-9-12-25)19-27(28)29(37)21-39(30)16-10-15-38(5)35(40)45-36(2,3)4/h7-9,11-14,17-20,29-30H,10,15-16,21-23H2,1-6H3/b14-13+. The molecule has 9 heteroatoms. The average molecular weight is 635 g/mol. The number of ether oxygens (including phenoxy) is 5.